The van der Waals surface area contributed by atoms with Gasteiger partial charge in [-0.05, 0) is 19.5 Å². The maximum atomic E-state index is 11.4. The van der Waals surface area contributed by atoms with Gasteiger partial charge >= 0.3 is 0 Å². The summed E-state index contributed by atoms with van der Waals surface area (Å²) in [6.45, 7) is 3.60. The molecule has 1 unspecified atom stereocenters. The number of rotatable bonds is 5. The Balaban J connectivity index is 2.28. The number of nitrogens with zero attached hydrogens (tertiary/aromatic N) is 2. The number of hydrogen-bond acceptors (Lipinski definition) is 5. The van der Waals surface area contributed by atoms with E-state index >= 15 is 0 Å². The van der Waals surface area contributed by atoms with Gasteiger partial charge in [0.2, 0.25) is 0 Å². The van der Waals surface area contributed by atoms with Crippen LogP contribution in [0.25, 0.3) is 0 Å². The lowest BCUT2D eigenvalue weighted by Gasteiger charge is -2.10. The highest BCUT2D eigenvalue weighted by atomic mass is 32.1. The summed E-state index contributed by atoms with van der Waals surface area (Å²) in [5, 5.41) is 5.84. The van der Waals surface area contributed by atoms with Crippen molar-refractivity contribution in [2.75, 3.05) is 20.1 Å². The zero-order chi connectivity index (χ0) is 10.4. The summed E-state index contributed by atoms with van der Waals surface area (Å²) < 4.78 is 7.61. The Morgan fingerprint density at radius 1 is 1.64 bits per heavy atom. The average Bonchev–Trinajstić information content (AvgIpc) is 2.67. The van der Waals surface area contributed by atoms with E-state index in [0.29, 0.717) is 18.2 Å². The maximum absolute atomic E-state index is 11.4. The van der Waals surface area contributed by atoms with Crippen molar-refractivity contribution in [2.45, 2.75) is 6.92 Å². The van der Waals surface area contributed by atoms with E-state index in [9.17, 15) is 4.79 Å². The molecule has 0 bridgehead atoms. The molecular formula is C8H14N4OS. The average molecular weight is 214 g/mol. The molecule has 0 aliphatic rings. The van der Waals surface area contributed by atoms with Crippen LogP contribution in [0.5, 0.6) is 0 Å². The summed E-state index contributed by atoms with van der Waals surface area (Å²) in [4.78, 5) is 11.4. The van der Waals surface area contributed by atoms with Crippen LogP contribution >= 0.6 is 11.7 Å². The van der Waals surface area contributed by atoms with Crippen molar-refractivity contribution in [1.82, 2.24) is 19.4 Å². The van der Waals surface area contributed by atoms with Gasteiger partial charge in [-0.3, -0.25) is 4.79 Å². The third-order valence-electron chi connectivity index (χ3n) is 1.76. The summed E-state index contributed by atoms with van der Waals surface area (Å²) in [5.41, 5.74) is 0.395. The van der Waals surface area contributed by atoms with Crippen molar-refractivity contribution < 1.29 is 4.79 Å². The van der Waals surface area contributed by atoms with Gasteiger partial charge in [0.15, 0.2) is 5.69 Å². The Morgan fingerprint density at radius 3 is 3.00 bits per heavy atom. The van der Waals surface area contributed by atoms with Crippen LogP contribution in [0, 0.1) is 5.92 Å². The first-order valence-corrected chi connectivity index (χ1v) is 5.17. The molecular weight excluding hydrogens is 200 g/mol. The van der Waals surface area contributed by atoms with Gasteiger partial charge in [0.25, 0.3) is 5.91 Å². The van der Waals surface area contributed by atoms with Crippen LogP contribution < -0.4 is 10.6 Å². The van der Waals surface area contributed by atoms with Crippen LogP contribution in [0.1, 0.15) is 17.4 Å². The molecule has 1 atom stereocenters. The molecule has 0 saturated heterocycles. The molecule has 14 heavy (non-hydrogen) atoms. The smallest absolute Gasteiger partial charge is 0.272 e. The number of nitrogens with one attached hydrogen (secondary N) is 2. The van der Waals surface area contributed by atoms with E-state index in [2.05, 4.69) is 26.3 Å². The van der Waals surface area contributed by atoms with Gasteiger partial charge in [-0.15, -0.1) is 0 Å². The highest BCUT2D eigenvalue weighted by molar-refractivity contribution is 6.99. The van der Waals surface area contributed by atoms with Gasteiger partial charge in [-0.2, -0.15) is 8.75 Å². The number of amides is 1. The first kappa shape index (κ1) is 11.1. The Kier molecular flexibility index (Phi) is 4.48. The minimum Gasteiger partial charge on any atom is -0.350 e. The van der Waals surface area contributed by atoms with Crippen molar-refractivity contribution in [1.29, 1.82) is 0 Å². The summed E-state index contributed by atoms with van der Waals surface area (Å²) in [6.07, 6.45) is 1.47. The standard InChI is InChI=1S/C8H14N4OS/c1-6(3-9-2)4-10-8(13)7-5-11-14-12-7/h5-6,9H,3-4H2,1-2H3,(H,10,13). The third kappa shape index (κ3) is 3.39. The fourth-order valence-electron chi connectivity index (χ4n) is 1.04. The Labute approximate surface area is 87.2 Å². The molecule has 1 rings (SSSR count). The SMILES string of the molecule is CNCC(C)CNC(=O)c1cnsn1. The van der Waals surface area contributed by atoms with Gasteiger partial charge in [-0.25, -0.2) is 0 Å². The van der Waals surface area contributed by atoms with E-state index in [4.69, 9.17) is 0 Å². The lowest BCUT2D eigenvalue weighted by molar-refractivity contribution is 0.0944. The molecule has 5 nitrogen and oxygen atoms in total. The number of aromatic nitrogens is 2. The van der Waals surface area contributed by atoms with Gasteiger partial charge < -0.3 is 10.6 Å². The molecule has 0 spiro atoms. The molecule has 1 aromatic rings. The second-order valence-corrected chi connectivity index (χ2v) is 3.72. The van der Waals surface area contributed by atoms with Crippen LogP contribution in [-0.4, -0.2) is 34.8 Å². The highest BCUT2D eigenvalue weighted by Gasteiger charge is 2.09. The van der Waals surface area contributed by atoms with Crippen LogP contribution in [0.3, 0.4) is 0 Å². The fraction of sp³-hybridized carbons (Fsp3) is 0.625. The molecule has 0 aliphatic heterocycles. The normalized spacial score (nSPS) is 12.4. The van der Waals surface area contributed by atoms with Gasteiger partial charge in [0.1, 0.15) is 0 Å². The number of carbonyl (C=O) groups is 1. The zero-order valence-corrected chi connectivity index (χ0v) is 9.10. The predicted octanol–water partition coefficient (Wildman–Crippen LogP) is 0.123. The molecule has 78 valence electrons. The third-order valence-corrected chi connectivity index (χ3v) is 2.24. The fourth-order valence-corrected chi connectivity index (χ4v) is 1.45. The molecule has 1 amide bonds. The molecule has 1 heterocycles. The zero-order valence-electron chi connectivity index (χ0n) is 8.28. The summed E-state index contributed by atoms with van der Waals surface area (Å²) >= 11 is 1.04. The number of hydrogen-bond donors (Lipinski definition) is 2. The first-order valence-electron chi connectivity index (χ1n) is 4.44. The largest absolute Gasteiger partial charge is 0.350 e. The Bertz CT molecular complexity index is 275. The van der Waals surface area contributed by atoms with Crippen molar-refractivity contribution in [3.8, 4) is 0 Å². The molecule has 0 aliphatic carbocycles. The van der Waals surface area contributed by atoms with Crippen molar-refractivity contribution in [3.63, 3.8) is 0 Å². The van der Waals surface area contributed by atoms with Gasteiger partial charge in [-0.1, -0.05) is 6.92 Å². The van der Waals surface area contributed by atoms with Crippen LogP contribution in [0.15, 0.2) is 6.20 Å². The minimum absolute atomic E-state index is 0.151. The predicted molar refractivity (Wildman–Crippen MR) is 55.3 cm³/mol. The highest BCUT2D eigenvalue weighted by Crippen LogP contribution is 1.95. The van der Waals surface area contributed by atoms with E-state index in [0.717, 1.165) is 18.3 Å². The van der Waals surface area contributed by atoms with Crippen molar-refractivity contribution >= 4 is 17.6 Å². The van der Waals surface area contributed by atoms with E-state index in [1.54, 1.807) is 0 Å². The van der Waals surface area contributed by atoms with Crippen LogP contribution in [0.4, 0.5) is 0 Å². The van der Waals surface area contributed by atoms with E-state index in [-0.39, 0.29) is 5.91 Å². The molecule has 2 N–H and O–H groups in total. The first-order chi connectivity index (χ1) is 6.74. The summed E-state index contributed by atoms with van der Waals surface area (Å²) in [5.74, 6) is 0.261. The molecule has 0 fully saturated rings. The molecule has 1 aromatic heterocycles. The summed E-state index contributed by atoms with van der Waals surface area (Å²) in [7, 11) is 1.89. The summed E-state index contributed by atoms with van der Waals surface area (Å²) in [6, 6.07) is 0. The van der Waals surface area contributed by atoms with E-state index < -0.39 is 0 Å². The second kappa shape index (κ2) is 5.66. The van der Waals surface area contributed by atoms with Gasteiger partial charge in [0.05, 0.1) is 17.9 Å². The quantitative estimate of drug-likeness (QED) is 0.731. The van der Waals surface area contributed by atoms with E-state index in [1.165, 1.54) is 6.20 Å². The van der Waals surface area contributed by atoms with Gasteiger partial charge in [0, 0.05) is 6.54 Å². The molecule has 6 heteroatoms. The number of carbonyl (C=O) groups excluding carboxylic acids is 1. The van der Waals surface area contributed by atoms with Crippen LogP contribution in [-0.2, 0) is 0 Å². The lowest BCUT2D eigenvalue weighted by Crippen LogP contribution is -2.32. The Morgan fingerprint density at radius 2 is 2.43 bits per heavy atom. The molecule has 0 saturated carbocycles. The van der Waals surface area contributed by atoms with Crippen LogP contribution in [0.2, 0.25) is 0 Å². The monoisotopic (exact) mass is 214 g/mol. The second-order valence-electron chi connectivity index (χ2n) is 3.17. The maximum Gasteiger partial charge on any atom is 0.272 e. The van der Waals surface area contributed by atoms with Crippen molar-refractivity contribution in [2.24, 2.45) is 5.92 Å². The van der Waals surface area contributed by atoms with Crippen molar-refractivity contribution in [3.05, 3.63) is 11.9 Å². The minimum atomic E-state index is -0.151. The topological polar surface area (TPSA) is 66.9 Å². The Hall–Kier alpha value is -1.01. The lowest BCUT2D eigenvalue weighted by atomic mass is 10.2. The molecule has 0 radical (unpaired) electrons. The molecule has 0 aromatic carbocycles. The van der Waals surface area contributed by atoms with E-state index in [1.807, 2.05) is 7.05 Å².